The van der Waals surface area contributed by atoms with E-state index in [9.17, 15) is 9.59 Å². The van der Waals surface area contributed by atoms with Crippen LogP contribution < -0.4 is 5.32 Å². The molecule has 0 heterocycles. The van der Waals surface area contributed by atoms with Gasteiger partial charge in [0.1, 0.15) is 0 Å². The second kappa shape index (κ2) is 4.96. The van der Waals surface area contributed by atoms with Crippen molar-refractivity contribution in [3.63, 3.8) is 0 Å². The van der Waals surface area contributed by atoms with Crippen molar-refractivity contribution in [2.45, 2.75) is 33.1 Å². The highest BCUT2D eigenvalue weighted by Gasteiger charge is 2.21. The number of amides is 1. The van der Waals surface area contributed by atoms with Crippen LogP contribution in [-0.2, 0) is 9.59 Å². The van der Waals surface area contributed by atoms with Crippen LogP contribution in [0.3, 0.4) is 0 Å². The van der Waals surface area contributed by atoms with Gasteiger partial charge in [0.15, 0.2) is 0 Å². The van der Waals surface area contributed by atoms with Crippen LogP contribution in [0.4, 0.5) is 0 Å². The average molecular weight is 211 g/mol. The molecule has 1 unspecified atom stereocenters. The van der Waals surface area contributed by atoms with Crippen molar-refractivity contribution in [3.05, 3.63) is 11.8 Å². The Morgan fingerprint density at radius 3 is 2.73 bits per heavy atom. The Morgan fingerprint density at radius 2 is 2.20 bits per heavy atom. The zero-order valence-corrected chi connectivity index (χ0v) is 9.12. The van der Waals surface area contributed by atoms with E-state index in [0.717, 1.165) is 18.5 Å². The van der Waals surface area contributed by atoms with Crippen molar-refractivity contribution < 1.29 is 14.7 Å². The van der Waals surface area contributed by atoms with Crippen LogP contribution in [-0.4, -0.2) is 17.0 Å². The number of carboxylic acids is 1. The Morgan fingerprint density at radius 1 is 1.53 bits per heavy atom. The number of aliphatic carboxylic acids is 1. The third kappa shape index (κ3) is 3.38. The SMILES string of the molecule is CC(C)C(=O)NC1=CC(C(=O)O)CCC1. The number of carbonyl (C=O) groups is 2. The lowest BCUT2D eigenvalue weighted by Gasteiger charge is -2.19. The van der Waals surface area contributed by atoms with Gasteiger partial charge in [-0.15, -0.1) is 0 Å². The predicted octanol–water partition coefficient (Wildman–Crippen LogP) is 1.53. The van der Waals surface area contributed by atoms with Crippen molar-refractivity contribution in [1.29, 1.82) is 0 Å². The lowest BCUT2D eigenvalue weighted by molar-refractivity contribution is -0.140. The van der Waals surface area contributed by atoms with Gasteiger partial charge in [0.05, 0.1) is 5.92 Å². The molecule has 4 nitrogen and oxygen atoms in total. The van der Waals surface area contributed by atoms with Crippen LogP contribution in [0.25, 0.3) is 0 Å². The monoisotopic (exact) mass is 211 g/mol. The highest BCUT2D eigenvalue weighted by molar-refractivity contribution is 5.80. The summed E-state index contributed by atoms with van der Waals surface area (Å²) in [6.45, 7) is 3.63. The molecule has 1 amide bonds. The maximum absolute atomic E-state index is 11.4. The van der Waals surface area contributed by atoms with E-state index >= 15 is 0 Å². The second-order valence-corrected chi connectivity index (χ2v) is 4.17. The van der Waals surface area contributed by atoms with Gasteiger partial charge in [-0.1, -0.05) is 19.9 Å². The van der Waals surface area contributed by atoms with Crippen LogP contribution in [0.15, 0.2) is 11.8 Å². The first-order valence-corrected chi connectivity index (χ1v) is 5.25. The minimum Gasteiger partial charge on any atom is -0.481 e. The maximum atomic E-state index is 11.4. The third-order valence-corrected chi connectivity index (χ3v) is 2.49. The molecule has 84 valence electrons. The molecule has 1 rings (SSSR count). The molecule has 0 bridgehead atoms. The van der Waals surface area contributed by atoms with Gasteiger partial charge in [-0.3, -0.25) is 9.59 Å². The van der Waals surface area contributed by atoms with Gasteiger partial charge in [-0.25, -0.2) is 0 Å². The second-order valence-electron chi connectivity index (χ2n) is 4.17. The Labute approximate surface area is 89.4 Å². The van der Waals surface area contributed by atoms with Crippen molar-refractivity contribution in [2.24, 2.45) is 11.8 Å². The minimum absolute atomic E-state index is 0.0488. The van der Waals surface area contributed by atoms with E-state index < -0.39 is 11.9 Å². The van der Waals surface area contributed by atoms with Gasteiger partial charge in [0, 0.05) is 11.6 Å². The average Bonchev–Trinajstić information content (AvgIpc) is 2.18. The first-order chi connectivity index (χ1) is 7.00. The number of carboxylic acid groups (broad SMARTS) is 1. The van der Waals surface area contributed by atoms with Gasteiger partial charge in [-0.2, -0.15) is 0 Å². The van der Waals surface area contributed by atoms with Crippen molar-refractivity contribution in [2.75, 3.05) is 0 Å². The van der Waals surface area contributed by atoms with Crippen molar-refractivity contribution in [3.8, 4) is 0 Å². The first-order valence-electron chi connectivity index (χ1n) is 5.25. The molecule has 0 aromatic rings. The summed E-state index contributed by atoms with van der Waals surface area (Å²) >= 11 is 0. The quantitative estimate of drug-likeness (QED) is 0.744. The number of hydrogen-bond donors (Lipinski definition) is 2. The van der Waals surface area contributed by atoms with E-state index in [-0.39, 0.29) is 11.8 Å². The van der Waals surface area contributed by atoms with E-state index in [1.54, 1.807) is 6.08 Å². The molecule has 15 heavy (non-hydrogen) atoms. The van der Waals surface area contributed by atoms with Crippen LogP contribution in [0.1, 0.15) is 33.1 Å². The largest absolute Gasteiger partial charge is 0.481 e. The molecule has 1 aliphatic carbocycles. The lowest BCUT2D eigenvalue weighted by atomic mass is 9.93. The number of nitrogens with one attached hydrogen (secondary N) is 1. The van der Waals surface area contributed by atoms with E-state index in [1.807, 2.05) is 13.8 Å². The standard InChI is InChI=1S/C11H17NO3/c1-7(2)10(13)12-9-5-3-4-8(6-9)11(14)15/h6-8H,3-5H2,1-2H3,(H,12,13)(H,14,15). The highest BCUT2D eigenvalue weighted by Crippen LogP contribution is 2.21. The molecule has 0 fully saturated rings. The van der Waals surface area contributed by atoms with Gasteiger partial charge < -0.3 is 10.4 Å². The van der Waals surface area contributed by atoms with E-state index in [4.69, 9.17) is 5.11 Å². The van der Waals surface area contributed by atoms with Gasteiger partial charge in [-0.05, 0) is 19.3 Å². The van der Waals surface area contributed by atoms with Crippen LogP contribution in [0, 0.1) is 11.8 Å². The highest BCUT2D eigenvalue weighted by atomic mass is 16.4. The Hall–Kier alpha value is -1.32. The molecule has 4 heteroatoms. The third-order valence-electron chi connectivity index (χ3n) is 2.49. The molecule has 0 aromatic carbocycles. The summed E-state index contributed by atoms with van der Waals surface area (Å²) in [6, 6.07) is 0. The summed E-state index contributed by atoms with van der Waals surface area (Å²) in [5.74, 6) is -1.38. The molecule has 0 aliphatic heterocycles. The fourth-order valence-corrected chi connectivity index (χ4v) is 1.52. The minimum atomic E-state index is -0.814. The number of allylic oxidation sites excluding steroid dienone is 1. The molecule has 0 saturated heterocycles. The summed E-state index contributed by atoms with van der Waals surface area (Å²) in [5, 5.41) is 11.6. The van der Waals surface area contributed by atoms with Gasteiger partial charge in [0.25, 0.3) is 0 Å². The lowest BCUT2D eigenvalue weighted by Crippen LogP contribution is -2.29. The molecule has 1 atom stereocenters. The first kappa shape index (κ1) is 11.8. The molecule has 0 radical (unpaired) electrons. The van der Waals surface area contributed by atoms with Crippen LogP contribution in [0.2, 0.25) is 0 Å². The van der Waals surface area contributed by atoms with Crippen molar-refractivity contribution in [1.82, 2.24) is 5.32 Å². The molecule has 0 saturated carbocycles. The zero-order chi connectivity index (χ0) is 11.4. The molecule has 1 aliphatic rings. The predicted molar refractivity (Wildman–Crippen MR) is 56.0 cm³/mol. The Kier molecular flexibility index (Phi) is 3.88. The maximum Gasteiger partial charge on any atom is 0.310 e. The summed E-state index contributed by atoms with van der Waals surface area (Å²) < 4.78 is 0. The normalized spacial score (nSPS) is 21.0. The smallest absolute Gasteiger partial charge is 0.310 e. The number of hydrogen-bond acceptors (Lipinski definition) is 2. The zero-order valence-electron chi connectivity index (χ0n) is 9.12. The molecular weight excluding hydrogens is 194 g/mol. The molecule has 0 aromatic heterocycles. The van der Waals surface area contributed by atoms with Gasteiger partial charge >= 0.3 is 5.97 Å². The Balaban J connectivity index is 2.61. The topological polar surface area (TPSA) is 66.4 Å². The molecule has 2 N–H and O–H groups in total. The summed E-state index contributed by atoms with van der Waals surface area (Å²) in [5.41, 5.74) is 0.757. The Bertz CT molecular complexity index is 294. The van der Waals surface area contributed by atoms with E-state index in [1.165, 1.54) is 0 Å². The van der Waals surface area contributed by atoms with Crippen molar-refractivity contribution >= 4 is 11.9 Å². The van der Waals surface area contributed by atoms with Gasteiger partial charge in [0.2, 0.25) is 5.91 Å². The summed E-state index contributed by atoms with van der Waals surface area (Å²) in [7, 11) is 0. The van der Waals surface area contributed by atoms with E-state index in [2.05, 4.69) is 5.32 Å². The summed E-state index contributed by atoms with van der Waals surface area (Å²) in [6.07, 6.45) is 3.91. The molecule has 0 spiro atoms. The fourth-order valence-electron chi connectivity index (χ4n) is 1.52. The summed E-state index contributed by atoms with van der Waals surface area (Å²) in [4.78, 5) is 22.2. The van der Waals surface area contributed by atoms with E-state index in [0.29, 0.717) is 6.42 Å². The number of rotatable bonds is 3. The molecular formula is C11H17NO3. The van der Waals surface area contributed by atoms with Crippen LogP contribution >= 0.6 is 0 Å². The number of carbonyl (C=O) groups excluding carboxylic acids is 1. The van der Waals surface area contributed by atoms with Crippen LogP contribution in [0.5, 0.6) is 0 Å². The fraction of sp³-hybridized carbons (Fsp3) is 0.636.